The monoisotopic (exact) mass is 425 g/mol. The van der Waals surface area contributed by atoms with Crippen LogP contribution in [0.4, 0.5) is 14.9 Å². The zero-order valence-electron chi connectivity index (χ0n) is 16.1. The van der Waals surface area contributed by atoms with Crippen molar-refractivity contribution in [1.82, 2.24) is 15.1 Å². The molecule has 0 saturated carbocycles. The standard InChI is InChI=1S/C21H17ClFN5O2/c1-11-3-6-13(22)9-15(11)28-16(12-4-7-14(23)8-5-12)10-27-17-18(24-20(27)28)26(2)21(30)25-19(17)29/h3-10,17-18H,1-2H3,(H,25,29,30). The van der Waals surface area contributed by atoms with Crippen LogP contribution in [0.3, 0.4) is 0 Å². The van der Waals surface area contributed by atoms with E-state index in [1.165, 1.54) is 17.0 Å². The number of guanidine groups is 1. The molecule has 3 heterocycles. The number of urea groups is 1. The number of likely N-dealkylation sites (N-methyl/N-ethyl adjacent to an activating group) is 1. The molecule has 0 radical (unpaired) electrons. The summed E-state index contributed by atoms with van der Waals surface area (Å²) in [5.74, 6) is -0.250. The third kappa shape index (κ3) is 2.68. The topological polar surface area (TPSA) is 68.2 Å². The number of carbonyl (C=O) groups is 2. The second-order valence-electron chi connectivity index (χ2n) is 7.39. The Morgan fingerprint density at radius 2 is 1.87 bits per heavy atom. The molecule has 3 amide bonds. The summed E-state index contributed by atoms with van der Waals surface area (Å²) < 4.78 is 13.5. The second kappa shape index (κ2) is 6.56. The molecule has 2 aromatic rings. The van der Waals surface area contributed by atoms with Gasteiger partial charge in [-0.25, -0.2) is 14.2 Å². The van der Waals surface area contributed by atoms with Crippen LogP contribution in [0, 0.1) is 12.7 Å². The Balaban J connectivity index is 1.68. The van der Waals surface area contributed by atoms with Crippen molar-refractivity contribution in [1.29, 1.82) is 0 Å². The van der Waals surface area contributed by atoms with Gasteiger partial charge >= 0.3 is 6.03 Å². The average Bonchev–Trinajstić information content (AvgIpc) is 3.25. The van der Waals surface area contributed by atoms with Gasteiger partial charge in [0, 0.05) is 23.8 Å². The van der Waals surface area contributed by atoms with Crippen LogP contribution >= 0.6 is 11.6 Å². The van der Waals surface area contributed by atoms with Crippen molar-refractivity contribution in [3.63, 3.8) is 0 Å². The molecular formula is C21H17ClFN5O2. The van der Waals surface area contributed by atoms with E-state index < -0.39 is 24.1 Å². The quantitative estimate of drug-likeness (QED) is 0.802. The lowest BCUT2D eigenvalue weighted by atomic mass is 10.1. The fourth-order valence-corrected chi connectivity index (χ4v) is 4.13. The summed E-state index contributed by atoms with van der Waals surface area (Å²) in [5.41, 5.74) is 3.21. The van der Waals surface area contributed by atoms with Crippen LogP contribution in [-0.4, -0.2) is 47.0 Å². The minimum Gasteiger partial charge on any atom is -0.303 e. The van der Waals surface area contributed by atoms with Crippen LogP contribution in [0.5, 0.6) is 0 Å². The van der Waals surface area contributed by atoms with Crippen molar-refractivity contribution in [3.05, 3.63) is 70.6 Å². The molecule has 2 atom stereocenters. The van der Waals surface area contributed by atoms with Crippen molar-refractivity contribution in [2.75, 3.05) is 11.9 Å². The normalized spacial score (nSPS) is 22.6. The Morgan fingerprint density at radius 3 is 2.60 bits per heavy atom. The molecule has 0 aliphatic carbocycles. The van der Waals surface area contributed by atoms with Crippen LogP contribution in [0.2, 0.25) is 5.02 Å². The first-order chi connectivity index (χ1) is 14.3. The van der Waals surface area contributed by atoms with E-state index in [2.05, 4.69) is 5.32 Å². The molecule has 152 valence electrons. The van der Waals surface area contributed by atoms with E-state index in [9.17, 15) is 14.0 Å². The second-order valence-corrected chi connectivity index (χ2v) is 7.82. The predicted molar refractivity (Wildman–Crippen MR) is 111 cm³/mol. The fraction of sp³-hybridized carbons (Fsp3) is 0.190. The van der Waals surface area contributed by atoms with E-state index in [0.717, 1.165) is 22.5 Å². The minimum absolute atomic E-state index is 0.340. The van der Waals surface area contributed by atoms with Gasteiger partial charge in [0.1, 0.15) is 5.82 Å². The highest BCUT2D eigenvalue weighted by Gasteiger charge is 2.52. The van der Waals surface area contributed by atoms with E-state index in [4.69, 9.17) is 16.6 Å². The van der Waals surface area contributed by atoms with Gasteiger partial charge in [0.2, 0.25) is 5.96 Å². The van der Waals surface area contributed by atoms with Crippen molar-refractivity contribution < 1.29 is 14.0 Å². The number of halogens is 2. The van der Waals surface area contributed by atoms with Gasteiger partial charge in [0.25, 0.3) is 5.91 Å². The van der Waals surface area contributed by atoms with Crippen molar-refractivity contribution in [2.24, 2.45) is 4.99 Å². The summed E-state index contributed by atoms with van der Waals surface area (Å²) in [6, 6.07) is 10.4. The van der Waals surface area contributed by atoms with Gasteiger partial charge in [-0.05, 0) is 48.9 Å². The smallest absolute Gasteiger partial charge is 0.303 e. The number of fused-ring (bicyclic) bond motifs is 3. The number of imide groups is 1. The highest BCUT2D eigenvalue weighted by Crippen LogP contribution is 2.40. The molecule has 30 heavy (non-hydrogen) atoms. The van der Waals surface area contributed by atoms with Crippen molar-refractivity contribution in [2.45, 2.75) is 19.1 Å². The van der Waals surface area contributed by atoms with Gasteiger partial charge in [0.15, 0.2) is 12.2 Å². The van der Waals surface area contributed by atoms with E-state index in [1.807, 2.05) is 24.0 Å². The maximum atomic E-state index is 13.5. The van der Waals surface area contributed by atoms with Crippen LogP contribution in [-0.2, 0) is 4.79 Å². The SMILES string of the molecule is Cc1ccc(Cl)cc1N1C(c2ccc(F)cc2)=CN2C1=NC1C2C(=O)NC(=O)N1C. The third-order valence-electron chi connectivity index (χ3n) is 5.53. The van der Waals surface area contributed by atoms with Crippen LogP contribution in [0.1, 0.15) is 11.1 Å². The number of benzene rings is 2. The Kier molecular flexibility index (Phi) is 4.08. The third-order valence-corrected chi connectivity index (χ3v) is 5.77. The minimum atomic E-state index is -0.692. The number of aliphatic imine (C=N–C) groups is 1. The summed E-state index contributed by atoms with van der Waals surface area (Å²) in [7, 11) is 1.60. The predicted octanol–water partition coefficient (Wildman–Crippen LogP) is 3.15. The Morgan fingerprint density at radius 1 is 1.13 bits per heavy atom. The summed E-state index contributed by atoms with van der Waals surface area (Å²) in [6.45, 7) is 1.95. The van der Waals surface area contributed by atoms with Gasteiger partial charge in [-0.1, -0.05) is 17.7 Å². The van der Waals surface area contributed by atoms with Crippen molar-refractivity contribution >= 4 is 40.9 Å². The van der Waals surface area contributed by atoms with E-state index in [0.29, 0.717) is 11.0 Å². The van der Waals surface area contributed by atoms with E-state index >= 15 is 0 Å². The maximum Gasteiger partial charge on any atom is 0.325 e. The molecule has 3 aliphatic heterocycles. The first-order valence-electron chi connectivity index (χ1n) is 9.33. The average molecular weight is 426 g/mol. The molecule has 9 heteroatoms. The number of aryl methyl sites for hydroxylation is 1. The molecule has 2 unspecified atom stereocenters. The largest absolute Gasteiger partial charge is 0.325 e. The van der Waals surface area contributed by atoms with Crippen LogP contribution in [0.25, 0.3) is 5.70 Å². The molecule has 1 saturated heterocycles. The highest BCUT2D eigenvalue weighted by molar-refractivity contribution is 6.31. The number of nitrogens with one attached hydrogen (secondary N) is 1. The molecule has 2 aromatic carbocycles. The molecule has 0 bridgehead atoms. The number of anilines is 1. The molecule has 0 spiro atoms. The van der Waals surface area contributed by atoms with Gasteiger partial charge in [-0.15, -0.1) is 0 Å². The first-order valence-corrected chi connectivity index (χ1v) is 9.71. The molecule has 1 N–H and O–H groups in total. The summed E-state index contributed by atoms with van der Waals surface area (Å²) in [4.78, 5) is 34.5. The van der Waals surface area contributed by atoms with Gasteiger partial charge < -0.3 is 4.90 Å². The molecule has 5 rings (SSSR count). The molecule has 3 aliphatic rings. The fourth-order valence-electron chi connectivity index (χ4n) is 3.97. The number of rotatable bonds is 2. The molecule has 1 fully saturated rings. The number of hydrogen-bond acceptors (Lipinski definition) is 5. The zero-order chi connectivity index (χ0) is 21.2. The summed E-state index contributed by atoms with van der Waals surface area (Å²) in [5, 5.41) is 2.91. The lowest BCUT2D eigenvalue weighted by Gasteiger charge is -2.34. The van der Waals surface area contributed by atoms with Gasteiger partial charge in [0.05, 0.1) is 11.4 Å². The lowest BCUT2D eigenvalue weighted by Crippen LogP contribution is -2.62. The Labute approximate surface area is 177 Å². The lowest BCUT2D eigenvalue weighted by molar-refractivity contribution is -0.126. The molecule has 7 nitrogen and oxygen atoms in total. The molecule has 0 aromatic heterocycles. The number of carbonyl (C=O) groups excluding carboxylic acids is 2. The first kappa shape index (κ1) is 18.6. The zero-order valence-corrected chi connectivity index (χ0v) is 16.9. The molecular weight excluding hydrogens is 409 g/mol. The van der Waals surface area contributed by atoms with Crippen LogP contribution < -0.4 is 10.2 Å². The van der Waals surface area contributed by atoms with Crippen LogP contribution in [0.15, 0.2) is 53.7 Å². The van der Waals surface area contributed by atoms with Gasteiger partial charge in [-0.3, -0.25) is 19.9 Å². The Hall–Kier alpha value is -3.39. The number of hydrogen-bond donors (Lipinski definition) is 1. The van der Waals surface area contributed by atoms with Gasteiger partial charge in [-0.2, -0.15) is 0 Å². The number of amides is 3. The Bertz CT molecular complexity index is 1150. The summed E-state index contributed by atoms with van der Waals surface area (Å²) in [6.07, 6.45) is 1.16. The number of nitrogens with zero attached hydrogens (tertiary/aromatic N) is 4. The van der Waals surface area contributed by atoms with Crippen molar-refractivity contribution in [3.8, 4) is 0 Å². The maximum absolute atomic E-state index is 13.5. The van der Waals surface area contributed by atoms with E-state index in [1.54, 1.807) is 36.3 Å². The summed E-state index contributed by atoms with van der Waals surface area (Å²) >= 11 is 6.27. The van der Waals surface area contributed by atoms with E-state index in [-0.39, 0.29) is 5.82 Å². The highest BCUT2D eigenvalue weighted by atomic mass is 35.5.